The molecule has 32 heavy (non-hydrogen) atoms. The number of rotatable bonds is 9. The summed E-state index contributed by atoms with van der Waals surface area (Å²) in [5.74, 6) is -1.04. The van der Waals surface area contributed by atoms with Crippen molar-refractivity contribution in [1.82, 2.24) is 25.3 Å². The van der Waals surface area contributed by atoms with Gasteiger partial charge in [0.1, 0.15) is 5.69 Å². The molecular weight excluding hydrogens is 406 g/mol. The number of carboxylic acid groups (broad SMARTS) is 1. The number of pyridine rings is 1. The first-order chi connectivity index (χ1) is 15.3. The van der Waals surface area contributed by atoms with Crippen LogP contribution in [0.15, 0.2) is 54.9 Å². The molecule has 0 bridgehead atoms. The number of hydrogen-bond acceptors (Lipinski definition) is 5. The van der Waals surface area contributed by atoms with Gasteiger partial charge in [0, 0.05) is 23.6 Å². The molecule has 8 heteroatoms. The average molecular weight is 434 g/mol. The standard InChI is InChI=1S/C24H27N5O3/c1-23(2,20-16-29(28-27-20)18-9-13-25-19(14-18)22(31)32)10-8-21(30)26-24(11-12-24)15-17-6-4-3-5-7-17/h3-7,9,13-14,16H,8,10-12,15H2,1-2H3,(H,26,30)(H,31,32). The van der Waals surface area contributed by atoms with E-state index in [4.69, 9.17) is 5.11 Å². The van der Waals surface area contributed by atoms with Gasteiger partial charge in [0.2, 0.25) is 5.91 Å². The van der Waals surface area contributed by atoms with Crippen molar-refractivity contribution in [3.8, 4) is 5.69 Å². The van der Waals surface area contributed by atoms with E-state index < -0.39 is 5.97 Å². The lowest BCUT2D eigenvalue weighted by atomic mass is 9.84. The summed E-state index contributed by atoms with van der Waals surface area (Å²) < 4.78 is 1.53. The molecule has 0 saturated heterocycles. The molecule has 0 spiro atoms. The first-order valence-corrected chi connectivity index (χ1v) is 10.7. The molecule has 0 aliphatic heterocycles. The molecule has 4 rings (SSSR count). The molecule has 1 amide bonds. The van der Waals surface area contributed by atoms with Crippen molar-refractivity contribution in [1.29, 1.82) is 0 Å². The minimum Gasteiger partial charge on any atom is -0.477 e. The Morgan fingerprint density at radius 2 is 1.94 bits per heavy atom. The highest BCUT2D eigenvalue weighted by molar-refractivity contribution is 5.85. The van der Waals surface area contributed by atoms with E-state index in [1.54, 1.807) is 12.3 Å². The number of hydrogen-bond donors (Lipinski definition) is 2. The molecule has 0 radical (unpaired) electrons. The Morgan fingerprint density at radius 3 is 2.62 bits per heavy atom. The largest absolute Gasteiger partial charge is 0.477 e. The molecule has 3 aromatic rings. The number of aromatic nitrogens is 4. The van der Waals surface area contributed by atoms with Crippen LogP contribution in [0, 0.1) is 0 Å². The van der Waals surface area contributed by atoms with Crippen molar-refractivity contribution in [2.24, 2.45) is 0 Å². The average Bonchev–Trinajstić information content (AvgIpc) is 3.32. The van der Waals surface area contributed by atoms with Crippen molar-refractivity contribution in [3.63, 3.8) is 0 Å². The summed E-state index contributed by atoms with van der Waals surface area (Å²) in [7, 11) is 0. The summed E-state index contributed by atoms with van der Waals surface area (Å²) in [5.41, 5.74) is 2.03. The number of nitrogens with zero attached hydrogens (tertiary/aromatic N) is 4. The fourth-order valence-electron chi connectivity index (χ4n) is 3.77. The highest BCUT2D eigenvalue weighted by atomic mass is 16.4. The third-order valence-electron chi connectivity index (χ3n) is 6.03. The summed E-state index contributed by atoms with van der Waals surface area (Å²) in [6, 6.07) is 13.4. The quantitative estimate of drug-likeness (QED) is 0.536. The molecule has 2 N–H and O–H groups in total. The monoisotopic (exact) mass is 433 g/mol. The SMILES string of the molecule is CC(C)(CCC(=O)NC1(Cc2ccccc2)CC1)c1cn(-c2ccnc(C(=O)O)c2)nn1. The Kier molecular flexibility index (Phi) is 5.78. The lowest BCUT2D eigenvalue weighted by molar-refractivity contribution is -0.122. The van der Waals surface area contributed by atoms with Crippen molar-refractivity contribution in [3.05, 3.63) is 71.8 Å². The molecule has 166 valence electrons. The number of carbonyl (C=O) groups excluding carboxylic acids is 1. The van der Waals surface area contributed by atoms with E-state index in [1.807, 2.05) is 32.0 Å². The van der Waals surface area contributed by atoms with Crippen molar-refractivity contribution >= 4 is 11.9 Å². The lowest BCUT2D eigenvalue weighted by Crippen LogP contribution is -2.39. The first kappa shape index (κ1) is 21.7. The Labute approximate surface area is 186 Å². The van der Waals surface area contributed by atoms with Crippen LogP contribution in [-0.2, 0) is 16.6 Å². The number of amides is 1. The number of carbonyl (C=O) groups is 2. The summed E-state index contributed by atoms with van der Waals surface area (Å²) in [5, 5.41) is 20.8. The summed E-state index contributed by atoms with van der Waals surface area (Å²) in [4.78, 5) is 27.7. The van der Waals surface area contributed by atoms with Gasteiger partial charge in [-0.25, -0.2) is 14.5 Å². The maximum Gasteiger partial charge on any atom is 0.354 e. The zero-order valence-corrected chi connectivity index (χ0v) is 18.3. The Balaban J connectivity index is 1.36. The predicted molar refractivity (Wildman–Crippen MR) is 119 cm³/mol. The van der Waals surface area contributed by atoms with Gasteiger partial charge in [0.15, 0.2) is 0 Å². The van der Waals surface area contributed by atoms with E-state index >= 15 is 0 Å². The van der Waals surface area contributed by atoms with E-state index in [-0.39, 0.29) is 22.6 Å². The maximum atomic E-state index is 12.7. The molecule has 1 saturated carbocycles. The van der Waals surface area contributed by atoms with Crippen LogP contribution in [-0.4, -0.2) is 42.5 Å². The zero-order valence-electron chi connectivity index (χ0n) is 18.3. The van der Waals surface area contributed by atoms with Crippen LogP contribution in [0.25, 0.3) is 5.69 Å². The van der Waals surface area contributed by atoms with Gasteiger partial charge < -0.3 is 10.4 Å². The third kappa shape index (κ3) is 5.01. The Morgan fingerprint density at radius 1 is 1.19 bits per heavy atom. The first-order valence-electron chi connectivity index (χ1n) is 10.7. The summed E-state index contributed by atoms with van der Waals surface area (Å²) in [6.45, 7) is 4.06. The fourth-order valence-corrected chi connectivity index (χ4v) is 3.77. The van der Waals surface area contributed by atoms with Crippen LogP contribution in [0.2, 0.25) is 0 Å². The molecular formula is C24H27N5O3. The van der Waals surface area contributed by atoms with Gasteiger partial charge in [-0.3, -0.25) is 4.79 Å². The van der Waals surface area contributed by atoms with E-state index in [1.165, 1.54) is 22.5 Å². The minimum atomic E-state index is -1.10. The molecule has 0 atom stereocenters. The van der Waals surface area contributed by atoms with Crippen LogP contribution in [0.5, 0.6) is 0 Å². The van der Waals surface area contributed by atoms with Gasteiger partial charge in [-0.05, 0) is 43.4 Å². The molecule has 8 nitrogen and oxygen atoms in total. The van der Waals surface area contributed by atoms with E-state index in [2.05, 4.69) is 32.7 Å². The second-order valence-electron chi connectivity index (χ2n) is 9.13. The molecule has 2 heterocycles. The Bertz CT molecular complexity index is 1120. The van der Waals surface area contributed by atoms with Gasteiger partial charge in [-0.15, -0.1) is 5.10 Å². The van der Waals surface area contributed by atoms with Crippen LogP contribution >= 0.6 is 0 Å². The third-order valence-corrected chi connectivity index (χ3v) is 6.03. The van der Waals surface area contributed by atoms with Crippen LogP contribution in [0.1, 0.15) is 61.3 Å². The van der Waals surface area contributed by atoms with Crippen LogP contribution in [0.3, 0.4) is 0 Å². The van der Waals surface area contributed by atoms with Crippen LogP contribution in [0.4, 0.5) is 0 Å². The summed E-state index contributed by atoms with van der Waals surface area (Å²) in [6.07, 6.45) is 7.10. The van der Waals surface area contributed by atoms with E-state index in [0.29, 0.717) is 18.5 Å². The number of aromatic carboxylic acids is 1. The topological polar surface area (TPSA) is 110 Å². The number of carboxylic acids is 1. The maximum absolute atomic E-state index is 12.7. The van der Waals surface area contributed by atoms with Crippen molar-refractivity contribution in [2.45, 2.75) is 56.9 Å². The van der Waals surface area contributed by atoms with Crippen molar-refractivity contribution < 1.29 is 14.7 Å². The lowest BCUT2D eigenvalue weighted by Gasteiger charge is -2.23. The normalized spacial score (nSPS) is 14.7. The highest BCUT2D eigenvalue weighted by Gasteiger charge is 2.43. The predicted octanol–water partition coefficient (Wildman–Crippen LogP) is 3.31. The molecule has 1 aromatic carbocycles. The second kappa shape index (κ2) is 8.53. The molecule has 2 aromatic heterocycles. The van der Waals surface area contributed by atoms with Gasteiger partial charge >= 0.3 is 5.97 Å². The zero-order chi connectivity index (χ0) is 22.8. The Hall–Kier alpha value is -3.55. The molecule has 0 unspecified atom stereocenters. The second-order valence-corrected chi connectivity index (χ2v) is 9.13. The van der Waals surface area contributed by atoms with E-state index in [9.17, 15) is 9.59 Å². The number of benzene rings is 1. The van der Waals surface area contributed by atoms with Gasteiger partial charge in [0.05, 0.1) is 17.6 Å². The van der Waals surface area contributed by atoms with Gasteiger partial charge in [0.25, 0.3) is 0 Å². The van der Waals surface area contributed by atoms with Crippen molar-refractivity contribution in [2.75, 3.05) is 0 Å². The van der Waals surface area contributed by atoms with Gasteiger partial charge in [-0.2, -0.15) is 0 Å². The van der Waals surface area contributed by atoms with Crippen LogP contribution < -0.4 is 5.32 Å². The molecule has 1 aliphatic rings. The smallest absolute Gasteiger partial charge is 0.354 e. The van der Waals surface area contributed by atoms with Gasteiger partial charge in [-0.1, -0.05) is 49.4 Å². The minimum absolute atomic E-state index is 0.0548. The summed E-state index contributed by atoms with van der Waals surface area (Å²) >= 11 is 0. The fraction of sp³-hybridized carbons (Fsp3) is 0.375. The molecule has 1 aliphatic carbocycles. The number of nitrogens with one attached hydrogen (secondary N) is 1. The van der Waals surface area contributed by atoms with E-state index in [0.717, 1.165) is 25.0 Å². The molecule has 1 fully saturated rings. The highest BCUT2D eigenvalue weighted by Crippen LogP contribution is 2.39.